The first-order chi connectivity index (χ1) is 7.78. The van der Waals surface area contributed by atoms with Crippen LogP contribution in [0.4, 0.5) is 0 Å². The fourth-order valence-corrected chi connectivity index (χ4v) is 1.41. The second kappa shape index (κ2) is 4.67. The van der Waals surface area contributed by atoms with E-state index in [0.717, 1.165) is 17.1 Å². The lowest BCUT2D eigenvalue weighted by Crippen LogP contribution is -1.84. The maximum atomic E-state index is 5.70. The van der Waals surface area contributed by atoms with Crippen LogP contribution in [0.5, 0.6) is 11.5 Å². The van der Waals surface area contributed by atoms with Gasteiger partial charge in [-0.1, -0.05) is 42.5 Å². The van der Waals surface area contributed by atoms with Crippen molar-refractivity contribution in [3.8, 4) is 11.5 Å². The first-order valence-corrected chi connectivity index (χ1v) is 5.25. The summed E-state index contributed by atoms with van der Waals surface area (Å²) in [5.74, 6) is 1.70. The van der Waals surface area contributed by atoms with E-state index >= 15 is 0 Å². The predicted octanol–water partition coefficient (Wildman–Crippen LogP) is 4.43. The van der Waals surface area contributed by atoms with Crippen LogP contribution in [0.2, 0.25) is 0 Å². The summed E-state index contributed by atoms with van der Waals surface area (Å²) in [6.07, 6.45) is 1.82. The third-order valence-electron chi connectivity index (χ3n) is 2.37. The van der Waals surface area contributed by atoms with Gasteiger partial charge in [0.2, 0.25) is 0 Å². The van der Waals surface area contributed by atoms with Gasteiger partial charge in [0, 0.05) is 0 Å². The number of ether oxygens (including phenoxy) is 1. The van der Waals surface area contributed by atoms with Gasteiger partial charge in [0.05, 0.1) is 0 Å². The van der Waals surface area contributed by atoms with Crippen LogP contribution in [-0.2, 0) is 0 Å². The molecule has 0 saturated heterocycles. The van der Waals surface area contributed by atoms with E-state index in [9.17, 15) is 0 Å². The minimum Gasteiger partial charge on any atom is -0.457 e. The van der Waals surface area contributed by atoms with E-state index in [2.05, 4.69) is 13.5 Å². The first kappa shape index (κ1) is 10.5. The van der Waals surface area contributed by atoms with Gasteiger partial charge in [-0.2, -0.15) is 0 Å². The molecule has 2 aromatic rings. The van der Waals surface area contributed by atoms with Crippen molar-refractivity contribution < 1.29 is 4.74 Å². The van der Waals surface area contributed by atoms with Crippen LogP contribution in [0.3, 0.4) is 0 Å². The van der Waals surface area contributed by atoms with Crippen molar-refractivity contribution in [3.63, 3.8) is 0 Å². The van der Waals surface area contributed by atoms with E-state index in [1.807, 2.05) is 54.6 Å². The maximum Gasteiger partial charge on any atom is 0.127 e. The van der Waals surface area contributed by atoms with E-state index in [-0.39, 0.29) is 0 Å². The van der Waals surface area contributed by atoms with Gasteiger partial charge in [0.25, 0.3) is 0 Å². The lowest BCUT2D eigenvalue weighted by atomic mass is 10.2. The van der Waals surface area contributed by atoms with Crippen LogP contribution >= 0.6 is 0 Å². The molecule has 0 saturated carbocycles. The number of aryl methyl sites for hydroxylation is 1. The van der Waals surface area contributed by atoms with Gasteiger partial charge in [0.15, 0.2) is 0 Å². The molecule has 80 valence electrons. The van der Waals surface area contributed by atoms with Gasteiger partial charge in [0.1, 0.15) is 11.5 Å². The molecule has 1 heteroatoms. The molecule has 1 nitrogen and oxygen atoms in total. The van der Waals surface area contributed by atoms with Gasteiger partial charge in [-0.05, 0) is 36.8 Å². The van der Waals surface area contributed by atoms with E-state index < -0.39 is 0 Å². The zero-order valence-electron chi connectivity index (χ0n) is 9.31. The normalized spacial score (nSPS) is 9.81. The first-order valence-electron chi connectivity index (χ1n) is 5.25. The summed E-state index contributed by atoms with van der Waals surface area (Å²) < 4.78 is 5.70. The lowest BCUT2D eigenvalue weighted by molar-refractivity contribution is 0.482. The molecule has 0 amide bonds. The molecule has 0 aliphatic carbocycles. The lowest BCUT2D eigenvalue weighted by Gasteiger charge is -2.05. The summed E-state index contributed by atoms with van der Waals surface area (Å²) in [6.45, 7) is 5.77. The number of hydrogen-bond donors (Lipinski definition) is 0. The Labute approximate surface area is 96.0 Å². The molecule has 0 atom stereocenters. The summed E-state index contributed by atoms with van der Waals surface area (Å²) in [4.78, 5) is 0. The van der Waals surface area contributed by atoms with Crippen LogP contribution < -0.4 is 4.74 Å². The van der Waals surface area contributed by atoms with Crippen molar-refractivity contribution in [2.45, 2.75) is 6.92 Å². The third-order valence-corrected chi connectivity index (χ3v) is 2.37. The molecular weight excluding hydrogens is 196 g/mol. The maximum absolute atomic E-state index is 5.70. The highest BCUT2D eigenvalue weighted by atomic mass is 16.5. The summed E-state index contributed by atoms with van der Waals surface area (Å²) in [5, 5.41) is 0. The zero-order valence-corrected chi connectivity index (χ0v) is 9.31. The summed E-state index contributed by atoms with van der Waals surface area (Å²) in [6, 6.07) is 15.9. The highest BCUT2D eigenvalue weighted by molar-refractivity contribution is 5.48. The quantitative estimate of drug-likeness (QED) is 0.728. The highest BCUT2D eigenvalue weighted by Crippen LogP contribution is 2.22. The summed E-state index contributed by atoms with van der Waals surface area (Å²) >= 11 is 0. The van der Waals surface area contributed by atoms with Gasteiger partial charge < -0.3 is 4.74 Å². The van der Waals surface area contributed by atoms with Crippen molar-refractivity contribution in [2.24, 2.45) is 0 Å². The van der Waals surface area contributed by atoms with Gasteiger partial charge in [-0.3, -0.25) is 0 Å². The van der Waals surface area contributed by atoms with Crippen molar-refractivity contribution in [1.29, 1.82) is 0 Å². The van der Waals surface area contributed by atoms with E-state index in [4.69, 9.17) is 4.74 Å². The number of rotatable bonds is 3. The van der Waals surface area contributed by atoms with Crippen LogP contribution in [0, 0.1) is 6.92 Å². The molecule has 0 aliphatic rings. The molecule has 0 N–H and O–H groups in total. The molecule has 0 heterocycles. The van der Waals surface area contributed by atoms with Crippen LogP contribution in [0.1, 0.15) is 11.1 Å². The van der Waals surface area contributed by atoms with Crippen LogP contribution in [-0.4, -0.2) is 0 Å². The smallest absolute Gasteiger partial charge is 0.127 e. The summed E-state index contributed by atoms with van der Waals surface area (Å²) in [5.41, 5.74) is 2.32. The topological polar surface area (TPSA) is 9.23 Å². The fraction of sp³-hybridized carbons (Fsp3) is 0.0667. The fourth-order valence-electron chi connectivity index (χ4n) is 1.41. The van der Waals surface area contributed by atoms with Gasteiger partial charge >= 0.3 is 0 Å². The third kappa shape index (κ3) is 2.51. The Bertz CT molecular complexity index is 466. The average Bonchev–Trinajstić information content (AvgIpc) is 2.33. The monoisotopic (exact) mass is 210 g/mol. The largest absolute Gasteiger partial charge is 0.457 e. The highest BCUT2D eigenvalue weighted by Gasteiger charge is 1.96. The predicted molar refractivity (Wildman–Crippen MR) is 67.8 cm³/mol. The van der Waals surface area contributed by atoms with Crippen molar-refractivity contribution in [3.05, 3.63) is 66.2 Å². The van der Waals surface area contributed by atoms with E-state index in [1.54, 1.807) is 0 Å². The molecule has 0 bridgehead atoms. The Morgan fingerprint density at radius 3 is 1.88 bits per heavy atom. The molecule has 0 aliphatic heterocycles. The van der Waals surface area contributed by atoms with Gasteiger partial charge in [-0.15, -0.1) is 0 Å². The minimum absolute atomic E-state index is 0.842. The average molecular weight is 210 g/mol. The standard InChI is InChI=1S/C15H14O/c1-3-13-6-10-15(11-7-13)16-14-8-4-12(2)5-9-14/h3-11H,1H2,2H3. The molecule has 0 spiro atoms. The Hall–Kier alpha value is -2.02. The Morgan fingerprint density at radius 1 is 0.875 bits per heavy atom. The molecule has 2 rings (SSSR count). The summed E-state index contributed by atoms with van der Waals surface area (Å²) in [7, 11) is 0. The van der Waals surface area contributed by atoms with E-state index in [1.165, 1.54) is 5.56 Å². The molecule has 0 radical (unpaired) electrons. The Balaban J connectivity index is 2.14. The van der Waals surface area contributed by atoms with Crippen molar-refractivity contribution in [1.82, 2.24) is 0 Å². The molecule has 0 unspecified atom stereocenters. The molecule has 2 aromatic carbocycles. The second-order valence-electron chi connectivity index (χ2n) is 3.69. The van der Waals surface area contributed by atoms with Crippen LogP contribution in [0.25, 0.3) is 6.08 Å². The van der Waals surface area contributed by atoms with Crippen molar-refractivity contribution in [2.75, 3.05) is 0 Å². The number of benzene rings is 2. The van der Waals surface area contributed by atoms with Crippen molar-refractivity contribution >= 4 is 6.08 Å². The SMILES string of the molecule is C=Cc1ccc(Oc2ccc(C)cc2)cc1. The molecule has 16 heavy (non-hydrogen) atoms. The Kier molecular flexibility index (Phi) is 3.06. The number of hydrogen-bond acceptors (Lipinski definition) is 1. The molecular formula is C15H14O. The van der Waals surface area contributed by atoms with E-state index in [0.29, 0.717) is 0 Å². The molecule has 0 fully saturated rings. The minimum atomic E-state index is 0.842. The Morgan fingerprint density at radius 2 is 1.38 bits per heavy atom. The van der Waals surface area contributed by atoms with Gasteiger partial charge in [-0.25, -0.2) is 0 Å². The zero-order chi connectivity index (χ0) is 11.4. The molecule has 0 aromatic heterocycles. The van der Waals surface area contributed by atoms with Crippen LogP contribution in [0.15, 0.2) is 55.1 Å². The second-order valence-corrected chi connectivity index (χ2v) is 3.69.